The third-order valence-electron chi connectivity index (χ3n) is 3.39. The van der Waals surface area contributed by atoms with Crippen LogP contribution in [0.15, 0.2) is 24.3 Å². The number of tetrazole rings is 1. The minimum Gasteiger partial charge on any atom is -0.383 e. The van der Waals surface area contributed by atoms with Crippen LogP contribution in [0.3, 0.4) is 0 Å². The quantitative estimate of drug-likeness (QED) is 0.787. The summed E-state index contributed by atoms with van der Waals surface area (Å²) < 4.78 is 1.68. The van der Waals surface area contributed by atoms with E-state index in [0.29, 0.717) is 6.04 Å². The Bertz CT molecular complexity index is 535. The highest BCUT2D eigenvalue weighted by atomic mass is 15.5. The van der Waals surface area contributed by atoms with E-state index in [2.05, 4.69) is 46.8 Å². The van der Waals surface area contributed by atoms with Crippen LogP contribution in [0.5, 0.6) is 0 Å². The smallest absolute Gasteiger partial charge is 0.181 e. The maximum atomic E-state index is 4.04. The van der Waals surface area contributed by atoms with Gasteiger partial charge in [-0.1, -0.05) is 38.3 Å². The standard InChI is InChI=1S/C15H23N5/c1-4-5-6-8-12(2)16-14-10-7-9-13(11-14)15-17-18-19-20(15)3/h7,9-12,16H,4-6,8H2,1-3H3. The Hall–Kier alpha value is -1.91. The largest absolute Gasteiger partial charge is 0.383 e. The summed E-state index contributed by atoms with van der Waals surface area (Å²) in [6, 6.07) is 8.73. The predicted molar refractivity (Wildman–Crippen MR) is 81.5 cm³/mol. The number of rotatable bonds is 7. The molecule has 0 spiro atoms. The molecule has 108 valence electrons. The normalized spacial score (nSPS) is 12.3. The van der Waals surface area contributed by atoms with Gasteiger partial charge in [0, 0.05) is 24.3 Å². The molecule has 0 aliphatic heterocycles. The number of unbranched alkanes of at least 4 members (excludes halogenated alkanes) is 2. The zero-order valence-corrected chi connectivity index (χ0v) is 12.5. The lowest BCUT2D eigenvalue weighted by molar-refractivity contribution is 0.615. The lowest BCUT2D eigenvalue weighted by atomic mass is 10.1. The van der Waals surface area contributed by atoms with Crippen LogP contribution in [0.4, 0.5) is 5.69 Å². The highest BCUT2D eigenvalue weighted by Gasteiger charge is 2.07. The van der Waals surface area contributed by atoms with Crippen molar-refractivity contribution in [2.45, 2.75) is 45.6 Å². The Morgan fingerprint density at radius 1 is 1.30 bits per heavy atom. The van der Waals surface area contributed by atoms with E-state index in [4.69, 9.17) is 0 Å². The van der Waals surface area contributed by atoms with Crippen molar-refractivity contribution in [2.75, 3.05) is 5.32 Å². The molecule has 1 N–H and O–H groups in total. The van der Waals surface area contributed by atoms with Crippen LogP contribution in [0.25, 0.3) is 11.4 Å². The number of nitrogens with zero attached hydrogens (tertiary/aromatic N) is 4. The molecule has 1 aromatic heterocycles. The van der Waals surface area contributed by atoms with Crippen molar-refractivity contribution >= 4 is 5.69 Å². The molecule has 2 aromatic rings. The number of nitrogens with one attached hydrogen (secondary N) is 1. The van der Waals surface area contributed by atoms with Gasteiger partial charge in [0.05, 0.1) is 0 Å². The van der Waals surface area contributed by atoms with Gasteiger partial charge in [-0.05, 0) is 35.9 Å². The van der Waals surface area contributed by atoms with Crippen molar-refractivity contribution in [3.63, 3.8) is 0 Å². The minimum atomic E-state index is 0.481. The van der Waals surface area contributed by atoms with E-state index >= 15 is 0 Å². The fourth-order valence-corrected chi connectivity index (χ4v) is 2.28. The molecular weight excluding hydrogens is 250 g/mol. The number of aromatic nitrogens is 4. The van der Waals surface area contributed by atoms with Crippen LogP contribution >= 0.6 is 0 Å². The first-order chi connectivity index (χ1) is 9.70. The summed E-state index contributed by atoms with van der Waals surface area (Å²) in [5.74, 6) is 0.785. The summed E-state index contributed by atoms with van der Waals surface area (Å²) in [4.78, 5) is 0. The van der Waals surface area contributed by atoms with Crippen LogP contribution in [0.1, 0.15) is 39.5 Å². The van der Waals surface area contributed by atoms with Crippen LogP contribution in [0.2, 0.25) is 0 Å². The molecule has 20 heavy (non-hydrogen) atoms. The molecule has 0 aliphatic carbocycles. The van der Waals surface area contributed by atoms with Crippen LogP contribution in [0, 0.1) is 0 Å². The molecule has 1 unspecified atom stereocenters. The zero-order valence-electron chi connectivity index (χ0n) is 12.5. The van der Waals surface area contributed by atoms with E-state index in [1.807, 2.05) is 19.2 Å². The fraction of sp³-hybridized carbons (Fsp3) is 0.533. The number of aryl methyl sites for hydroxylation is 1. The summed E-state index contributed by atoms with van der Waals surface area (Å²) in [6.45, 7) is 4.46. The minimum absolute atomic E-state index is 0.481. The maximum absolute atomic E-state index is 4.04. The second-order valence-electron chi connectivity index (χ2n) is 5.25. The van der Waals surface area contributed by atoms with Crippen LogP contribution in [-0.4, -0.2) is 26.2 Å². The Morgan fingerprint density at radius 3 is 2.85 bits per heavy atom. The molecule has 5 heteroatoms. The van der Waals surface area contributed by atoms with Crippen LogP contribution in [-0.2, 0) is 7.05 Å². The van der Waals surface area contributed by atoms with Gasteiger partial charge in [0.25, 0.3) is 0 Å². The number of hydrogen-bond acceptors (Lipinski definition) is 4. The molecule has 2 rings (SSSR count). The van der Waals surface area contributed by atoms with Crippen molar-refractivity contribution in [3.8, 4) is 11.4 Å². The van der Waals surface area contributed by atoms with Crippen LogP contribution < -0.4 is 5.32 Å². The Morgan fingerprint density at radius 2 is 2.15 bits per heavy atom. The molecule has 0 radical (unpaired) electrons. The van der Waals surface area contributed by atoms with Gasteiger partial charge in [0.15, 0.2) is 5.82 Å². The van der Waals surface area contributed by atoms with Gasteiger partial charge >= 0.3 is 0 Å². The summed E-state index contributed by atoms with van der Waals surface area (Å²) in [6.07, 6.45) is 5.04. The second kappa shape index (κ2) is 7.03. The third-order valence-corrected chi connectivity index (χ3v) is 3.39. The van der Waals surface area contributed by atoms with E-state index in [9.17, 15) is 0 Å². The Labute approximate surface area is 120 Å². The first-order valence-corrected chi connectivity index (χ1v) is 7.30. The molecule has 1 aromatic carbocycles. The number of anilines is 1. The summed E-state index contributed by atoms with van der Waals surface area (Å²) in [5.41, 5.74) is 2.15. The monoisotopic (exact) mass is 273 g/mol. The molecule has 0 amide bonds. The lowest BCUT2D eigenvalue weighted by Crippen LogP contribution is -2.14. The van der Waals surface area contributed by atoms with Gasteiger partial charge in [-0.15, -0.1) is 5.10 Å². The molecule has 0 fully saturated rings. The first kappa shape index (κ1) is 14.5. The van der Waals surface area contributed by atoms with Gasteiger partial charge in [-0.2, -0.15) is 0 Å². The van der Waals surface area contributed by atoms with Gasteiger partial charge < -0.3 is 5.32 Å². The van der Waals surface area contributed by atoms with Crippen molar-refractivity contribution in [3.05, 3.63) is 24.3 Å². The topological polar surface area (TPSA) is 55.6 Å². The number of benzene rings is 1. The highest BCUT2D eigenvalue weighted by molar-refractivity contribution is 5.62. The van der Waals surface area contributed by atoms with E-state index in [-0.39, 0.29) is 0 Å². The molecule has 0 bridgehead atoms. The SMILES string of the molecule is CCCCCC(C)Nc1cccc(-c2nnnn2C)c1. The van der Waals surface area contributed by atoms with Gasteiger partial charge in [0.1, 0.15) is 0 Å². The molecular formula is C15H23N5. The van der Waals surface area contributed by atoms with E-state index in [1.165, 1.54) is 25.7 Å². The van der Waals surface area contributed by atoms with E-state index < -0.39 is 0 Å². The third kappa shape index (κ3) is 3.79. The lowest BCUT2D eigenvalue weighted by Gasteiger charge is -2.15. The van der Waals surface area contributed by atoms with Gasteiger partial charge in [-0.3, -0.25) is 0 Å². The average molecular weight is 273 g/mol. The Kier molecular flexibility index (Phi) is 5.09. The van der Waals surface area contributed by atoms with E-state index in [1.54, 1.807) is 4.68 Å². The number of hydrogen-bond donors (Lipinski definition) is 1. The second-order valence-corrected chi connectivity index (χ2v) is 5.25. The van der Waals surface area contributed by atoms with Crippen molar-refractivity contribution in [2.24, 2.45) is 7.05 Å². The molecule has 0 aliphatic rings. The summed E-state index contributed by atoms with van der Waals surface area (Å²) in [7, 11) is 1.85. The molecule has 1 atom stereocenters. The average Bonchev–Trinajstić information content (AvgIpc) is 2.85. The van der Waals surface area contributed by atoms with Crippen molar-refractivity contribution in [1.29, 1.82) is 0 Å². The van der Waals surface area contributed by atoms with Gasteiger partial charge in [0.2, 0.25) is 0 Å². The summed E-state index contributed by atoms with van der Waals surface area (Å²) >= 11 is 0. The Balaban J connectivity index is 2.01. The zero-order chi connectivity index (χ0) is 14.4. The molecule has 0 saturated heterocycles. The van der Waals surface area contributed by atoms with Crippen molar-refractivity contribution in [1.82, 2.24) is 20.2 Å². The predicted octanol–water partition coefficient (Wildman–Crippen LogP) is 3.26. The molecule has 0 saturated carbocycles. The maximum Gasteiger partial charge on any atom is 0.181 e. The highest BCUT2D eigenvalue weighted by Crippen LogP contribution is 2.20. The van der Waals surface area contributed by atoms with Crippen molar-refractivity contribution < 1.29 is 0 Å². The summed E-state index contributed by atoms with van der Waals surface area (Å²) in [5, 5.41) is 15.1. The first-order valence-electron chi connectivity index (χ1n) is 7.30. The fourth-order valence-electron chi connectivity index (χ4n) is 2.28. The van der Waals surface area contributed by atoms with Gasteiger partial charge in [-0.25, -0.2) is 4.68 Å². The molecule has 1 heterocycles. The molecule has 5 nitrogen and oxygen atoms in total. The van der Waals surface area contributed by atoms with E-state index in [0.717, 1.165) is 17.1 Å².